The molecule has 1 aromatic rings. The van der Waals surface area contributed by atoms with E-state index in [1.54, 1.807) is 0 Å². The fourth-order valence-corrected chi connectivity index (χ4v) is 3.32. The molecule has 1 unspecified atom stereocenters. The van der Waals surface area contributed by atoms with Gasteiger partial charge in [-0.2, -0.15) is 0 Å². The predicted molar refractivity (Wildman–Crippen MR) is 93.9 cm³/mol. The number of amides is 1. The number of benzene rings is 1. The summed E-state index contributed by atoms with van der Waals surface area (Å²) in [4.78, 5) is 14.7. The SMILES string of the molecule is CCCN1CCCCC1C(=O)NCCOc1cc(C)cc(C)c1. The summed E-state index contributed by atoms with van der Waals surface area (Å²) >= 11 is 0. The Bertz CT molecular complexity index is 494. The molecule has 1 N–H and O–H groups in total. The molecule has 4 heteroatoms. The van der Waals surface area contributed by atoms with Crippen molar-refractivity contribution in [2.45, 2.75) is 52.5 Å². The average molecular weight is 318 g/mol. The summed E-state index contributed by atoms with van der Waals surface area (Å²) in [6, 6.07) is 6.22. The Morgan fingerprint density at radius 3 is 2.70 bits per heavy atom. The van der Waals surface area contributed by atoms with Crippen LogP contribution in [-0.4, -0.2) is 43.1 Å². The third-order valence-electron chi connectivity index (χ3n) is 4.29. The number of nitrogens with one attached hydrogen (secondary N) is 1. The van der Waals surface area contributed by atoms with Crippen molar-refractivity contribution in [3.05, 3.63) is 29.3 Å². The van der Waals surface area contributed by atoms with Crippen molar-refractivity contribution in [1.82, 2.24) is 10.2 Å². The quantitative estimate of drug-likeness (QED) is 0.786. The van der Waals surface area contributed by atoms with Crippen LogP contribution >= 0.6 is 0 Å². The highest BCUT2D eigenvalue weighted by molar-refractivity contribution is 5.81. The number of aryl methyl sites for hydroxylation is 2. The van der Waals surface area contributed by atoms with E-state index in [-0.39, 0.29) is 11.9 Å². The van der Waals surface area contributed by atoms with Gasteiger partial charge in [-0.15, -0.1) is 0 Å². The molecule has 0 saturated carbocycles. The maximum Gasteiger partial charge on any atom is 0.237 e. The lowest BCUT2D eigenvalue weighted by Gasteiger charge is -2.34. The zero-order valence-electron chi connectivity index (χ0n) is 14.7. The van der Waals surface area contributed by atoms with Gasteiger partial charge in [-0.25, -0.2) is 0 Å². The zero-order valence-corrected chi connectivity index (χ0v) is 14.7. The number of hydrogen-bond donors (Lipinski definition) is 1. The van der Waals surface area contributed by atoms with E-state index in [1.165, 1.54) is 17.5 Å². The molecule has 2 rings (SSSR count). The molecule has 1 amide bonds. The molecule has 1 aliphatic rings. The average Bonchev–Trinajstić information content (AvgIpc) is 2.51. The zero-order chi connectivity index (χ0) is 16.7. The number of nitrogens with zero attached hydrogens (tertiary/aromatic N) is 1. The van der Waals surface area contributed by atoms with Crippen molar-refractivity contribution in [1.29, 1.82) is 0 Å². The number of likely N-dealkylation sites (tertiary alicyclic amines) is 1. The first-order valence-corrected chi connectivity index (χ1v) is 8.83. The van der Waals surface area contributed by atoms with Crippen LogP contribution in [0, 0.1) is 13.8 Å². The number of carbonyl (C=O) groups excluding carboxylic acids is 1. The summed E-state index contributed by atoms with van der Waals surface area (Å²) in [5.74, 6) is 1.03. The van der Waals surface area contributed by atoms with Crippen molar-refractivity contribution in [3.8, 4) is 5.75 Å². The molecule has 1 aliphatic heterocycles. The van der Waals surface area contributed by atoms with Crippen LogP contribution in [0.2, 0.25) is 0 Å². The van der Waals surface area contributed by atoms with Crippen molar-refractivity contribution < 1.29 is 9.53 Å². The van der Waals surface area contributed by atoms with Crippen LogP contribution in [0.1, 0.15) is 43.7 Å². The number of carbonyl (C=O) groups is 1. The maximum atomic E-state index is 12.4. The summed E-state index contributed by atoms with van der Waals surface area (Å²) in [6.07, 6.45) is 4.43. The Hall–Kier alpha value is -1.55. The topological polar surface area (TPSA) is 41.6 Å². The lowest BCUT2D eigenvalue weighted by molar-refractivity contribution is -0.127. The van der Waals surface area contributed by atoms with Crippen molar-refractivity contribution in [3.63, 3.8) is 0 Å². The molecule has 0 radical (unpaired) electrons. The Morgan fingerprint density at radius 2 is 2.00 bits per heavy atom. The molecule has 4 nitrogen and oxygen atoms in total. The Kier molecular flexibility index (Phi) is 6.90. The molecule has 1 saturated heterocycles. The van der Waals surface area contributed by atoms with Gasteiger partial charge in [0.25, 0.3) is 0 Å². The van der Waals surface area contributed by atoms with Gasteiger partial charge in [-0.1, -0.05) is 19.4 Å². The first-order chi connectivity index (χ1) is 11.1. The van der Waals surface area contributed by atoms with Gasteiger partial charge in [-0.05, 0) is 69.5 Å². The molecule has 0 bridgehead atoms. The molecule has 1 atom stereocenters. The summed E-state index contributed by atoms with van der Waals surface area (Å²) in [7, 11) is 0. The van der Waals surface area contributed by atoms with E-state index in [9.17, 15) is 4.79 Å². The minimum Gasteiger partial charge on any atom is -0.492 e. The van der Waals surface area contributed by atoms with Gasteiger partial charge in [-0.3, -0.25) is 9.69 Å². The fraction of sp³-hybridized carbons (Fsp3) is 0.632. The molecule has 1 heterocycles. The van der Waals surface area contributed by atoms with Crippen LogP contribution < -0.4 is 10.1 Å². The van der Waals surface area contributed by atoms with E-state index in [2.05, 4.69) is 37.1 Å². The lowest BCUT2D eigenvalue weighted by atomic mass is 10.0. The monoisotopic (exact) mass is 318 g/mol. The highest BCUT2D eigenvalue weighted by atomic mass is 16.5. The van der Waals surface area contributed by atoms with Crippen LogP contribution in [0.5, 0.6) is 5.75 Å². The Labute approximate surface area is 140 Å². The van der Waals surface area contributed by atoms with Gasteiger partial charge in [0.05, 0.1) is 12.6 Å². The number of ether oxygens (including phenoxy) is 1. The van der Waals surface area contributed by atoms with E-state index >= 15 is 0 Å². The molecule has 0 aliphatic carbocycles. The second-order valence-electron chi connectivity index (χ2n) is 6.51. The summed E-state index contributed by atoms with van der Waals surface area (Å²) < 4.78 is 5.75. The molecule has 0 spiro atoms. The van der Waals surface area contributed by atoms with Gasteiger partial charge < -0.3 is 10.1 Å². The van der Waals surface area contributed by atoms with E-state index in [1.807, 2.05) is 12.1 Å². The summed E-state index contributed by atoms with van der Waals surface area (Å²) in [6.45, 7) is 9.42. The third kappa shape index (κ3) is 5.54. The van der Waals surface area contributed by atoms with Crippen molar-refractivity contribution in [2.24, 2.45) is 0 Å². The van der Waals surface area contributed by atoms with Crippen molar-refractivity contribution in [2.75, 3.05) is 26.2 Å². The van der Waals surface area contributed by atoms with Gasteiger partial charge >= 0.3 is 0 Å². The highest BCUT2D eigenvalue weighted by Crippen LogP contribution is 2.18. The van der Waals surface area contributed by atoms with Crippen LogP contribution in [0.4, 0.5) is 0 Å². The first kappa shape index (κ1) is 17.8. The minimum absolute atomic E-state index is 0.0462. The Balaban J connectivity index is 1.75. The molecule has 128 valence electrons. The highest BCUT2D eigenvalue weighted by Gasteiger charge is 2.27. The molecule has 1 aromatic carbocycles. The smallest absolute Gasteiger partial charge is 0.237 e. The van der Waals surface area contributed by atoms with Crippen molar-refractivity contribution >= 4 is 5.91 Å². The largest absolute Gasteiger partial charge is 0.492 e. The summed E-state index contributed by atoms with van der Waals surface area (Å²) in [5, 5.41) is 3.03. The third-order valence-corrected chi connectivity index (χ3v) is 4.29. The van der Waals surface area contributed by atoms with Gasteiger partial charge in [0, 0.05) is 0 Å². The molecule has 0 aromatic heterocycles. The number of piperidine rings is 1. The molecule has 23 heavy (non-hydrogen) atoms. The van der Waals surface area contributed by atoms with Crippen LogP contribution in [0.15, 0.2) is 18.2 Å². The van der Waals surface area contributed by atoms with E-state index < -0.39 is 0 Å². The standard InChI is InChI=1S/C19H30N2O2/c1-4-9-21-10-6-5-7-18(21)19(22)20-8-11-23-17-13-15(2)12-16(3)14-17/h12-14,18H,4-11H2,1-3H3,(H,20,22). The normalized spacial score (nSPS) is 18.7. The summed E-state index contributed by atoms with van der Waals surface area (Å²) in [5.41, 5.74) is 2.39. The maximum absolute atomic E-state index is 12.4. The lowest BCUT2D eigenvalue weighted by Crippen LogP contribution is -2.50. The van der Waals surface area contributed by atoms with E-state index in [0.29, 0.717) is 13.2 Å². The van der Waals surface area contributed by atoms with E-state index in [0.717, 1.165) is 38.1 Å². The molecular weight excluding hydrogens is 288 g/mol. The number of hydrogen-bond acceptors (Lipinski definition) is 3. The fourth-order valence-electron chi connectivity index (χ4n) is 3.32. The van der Waals surface area contributed by atoms with Crippen LogP contribution in [-0.2, 0) is 4.79 Å². The minimum atomic E-state index is 0.0462. The van der Waals surface area contributed by atoms with Gasteiger partial charge in [0.15, 0.2) is 0 Å². The number of rotatable bonds is 7. The van der Waals surface area contributed by atoms with Crippen LogP contribution in [0.3, 0.4) is 0 Å². The predicted octanol–water partition coefficient (Wildman–Crippen LogP) is 3.06. The molecule has 1 fully saturated rings. The second-order valence-corrected chi connectivity index (χ2v) is 6.51. The van der Waals surface area contributed by atoms with Gasteiger partial charge in [0.2, 0.25) is 5.91 Å². The van der Waals surface area contributed by atoms with E-state index in [4.69, 9.17) is 4.74 Å². The van der Waals surface area contributed by atoms with Crippen LogP contribution in [0.25, 0.3) is 0 Å². The second kappa shape index (κ2) is 8.92. The molecular formula is C19H30N2O2. The van der Waals surface area contributed by atoms with Gasteiger partial charge in [0.1, 0.15) is 12.4 Å². The first-order valence-electron chi connectivity index (χ1n) is 8.83. The Morgan fingerprint density at radius 1 is 1.26 bits per heavy atom.